The SMILES string of the molecule is CCn1cc(C(=O)N2CCCC2(COC)C(=O)NC)cn1. The van der Waals surface area contributed by atoms with Crippen LogP contribution >= 0.6 is 0 Å². The molecule has 1 aromatic rings. The van der Waals surface area contributed by atoms with Gasteiger partial charge < -0.3 is 15.0 Å². The molecule has 21 heavy (non-hydrogen) atoms. The van der Waals surface area contributed by atoms with E-state index in [0.29, 0.717) is 25.1 Å². The predicted octanol–water partition coefficient (Wildman–Crippen LogP) is 0.270. The van der Waals surface area contributed by atoms with Gasteiger partial charge in [-0.2, -0.15) is 5.10 Å². The number of methoxy groups -OCH3 is 1. The highest BCUT2D eigenvalue weighted by atomic mass is 16.5. The number of hydrogen-bond acceptors (Lipinski definition) is 4. The smallest absolute Gasteiger partial charge is 0.258 e. The van der Waals surface area contributed by atoms with Gasteiger partial charge in [0, 0.05) is 33.4 Å². The molecule has 1 aromatic heterocycles. The van der Waals surface area contributed by atoms with E-state index in [1.54, 1.807) is 36.1 Å². The summed E-state index contributed by atoms with van der Waals surface area (Å²) in [6.07, 6.45) is 4.65. The molecule has 0 aromatic carbocycles. The van der Waals surface area contributed by atoms with Gasteiger partial charge in [0.25, 0.3) is 5.91 Å². The second kappa shape index (κ2) is 6.26. The van der Waals surface area contributed by atoms with Gasteiger partial charge in [0.2, 0.25) is 5.91 Å². The molecule has 7 nitrogen and oxygen atoms in total. The minimum atomic E-state index is -0.922. The van der Waals surface area contributed by atoms with Gasteiger partial charge in [-0.15, -0.1) is 0 Å². The Morgan fingerprint density at radius 3 is 2.86 bits per heavy atom. The Morgan fingerprint density at radius 2 is 2.29 bits per heavy atom. The number of likely N-dealkylation sites (tertiary alicyclic amines) is 1. The Bertz CT molecular complexity index is 528. The van der Waals surface area contributed by atoms with Crippen LogP contribution in [0.2, 0.25) is 0 Å². The van der Waals surface area contributed by atoms with Crippen LogP contribution in [0.4, 0.5) is 0 Å². The molecular weight excluding hydrogens is 272 g/mol. The highest BCUT2D eigenvalue weighted by Crippen LogP contribution is 2.31. The number of nitrogens with zero attached hydrogens (tertiary/aromatic N) is 3. The summed E-state index contributed by atoms with van der Waals surface area (Å²) in [6, 6.07) is 0. The molecule has 116 valence electrons. The van der Waals surface area contributed by atoms with E-state index in [4.69, 9.17) is 4.74 Å². The molecule has 7 heteroatoms. The summed E-state index contributed by atoms with van der Waals surface area (Å²) >= 11 is 0. The van der Waals surface area contributed by atoms with Crippen molar-refractivity contribution in [2.75, 3.05) is 27.3 Å². The van der Waals surface area contributed by atoms with E-state index in [2.05, 4.69) is 10.4 Å². The van der Waals surface area contributed by atoms with Crippen molar-refractivity contribution in [3.05, 3.63) is 18.0 Å². The van der Waals surface area contributed by atoms with Crippen molar-refractivity contribution in [3.8, 4) is 0 Å². The maximum absolute atomic E-state index is 12.7. The van der Waals surface area contributed by atoms with Crippen molar-refractivity contribution in [2.45, 2.75) is 31.8 Å². The fourth-order valence-corrected chi connectivity index (χ4v) is 2.90. The Kier molecular flexibility index (Phi) is 4.62. The normalized spacial score (nSPS) is 21.6. The molecule has 0 saturated carbocycles. The number of likely N-dealkylation sites (N-methyl/N-ethyl adjacent to an activating group) is 1. The quantitative estimate of drug-likeness (QED) is 0.846. The summed E-state index contributed by atoms with van der Waals surface area (Å²) in [5, 5.41) is 6.77. The van der Waals surface area contributed by atoms with Gasteiger partial charge in [0.05, 0.1) is 18.4 Å². The van der Waals surface area contributed by atoms with Crippen LogP contribution in [0, 0.1) is 0 Å². The van der Waals surface area contributed by atoms with E-state index in [-0.39, 0.29) is 18.4 Å². The van der Waals surface area contributed by atoms with Crippen LogP contribution in [0.25, 0.3) is 0 Å². The van der Waals surface area contributed by atoms with E-state index in [9.17, 15) is 9.59 Å². The fraction of sp³-hybridized carbons (Fsp3) is 0.643. The van der Waals surface area contributed by atoms with Crippen LogP contribution in [-0.4, -0.2) is 59.3 Å². The molecule has 2 heterocycles. The molecule has 0 bridgehead atoms. The van der Waals surface area contributed by atoms with Gasteiger partial charge in [0.1, 0.15) is 5.54 Å². The van der Waals surface area contributed by atoms with Crippen molar-refractivity contribution >= 4 is 11.8 Å². The third-order valence-corrected chi connectivity index (χ3v) is 3.97. The third-order valence-electron chi connectivity index (χ3n) is 3.97. The van der Waals surface area contributed by atoms with Gasteiger partial charge in [-0.3, -0.25) is 14.3 Å². The molecule has 1 unspecified atom stereocenters. The lowest BCUT2D eigenvalue weighted by molar-refractivity contribution is -0.133. The lowest BCUT2D eigenvalue weighted by Crippen LogP contribution is -2.59. The first-order valence-corrected chi connectivity index (χ1v) is 7.14. The molecule has 0 aliphatic carbocycles. The molecular formula is C14H22N4O3. The van der Waals surface area contributed by atoms with E-state index in [1.807, 2.05) is 6.92 Å². The number of hydrogen-bond donors (Lipinski definition) is 1. The first-order chi connectivity index (χ1) is 10.1. The fourth-order valence-electron chi connectivity index (χ4n) is 2.90. The Balaban J connectivity index is 2.31. The average Bonchev–Trinajstić information content (AvgIpc) is 3.13. The van der Waals surface area contributed by atoms with E-state index in [0.717, 1.165) is 6.42 Å². The van der Waals surface area contributed by atoms with Crippen LogP contribution in [0.5, 0.6) is 0 Å². The minimum absolute atomic E-state index is 0.173. The number of amides is 2. The molecule has 2 amide bonds. The number of carbonyl (C=O) groups excluding carboxylic acids is 2. The highest BCUT2D eigenvalue weighted by molar-refractivity contribution is 5.99. The molecule has 0 radical (unpaired) electrons. The zero-order valence-corrected chi connectivity index (χ0v) is 12.8. The van der Waals surface area contributed by atoms with Crippen molar-refractivity contribution < 1.29 is 14.3 Å². The number of rotatable bonds is 5. The standard InChI is InChI=1S/C14H22N4O3/c1-4-17-9-11(8-16-17)12(19)18-7-5-6-14(18,10-21-3)13(20)15-2/h8-9H,4-7,10H2,1-3H3,(H,15,20). The summed E-state index contributed by atoms with van der Waals surface area (Å²) in [5.74, 6) is -0.356. The average molecular weight is 294 g/mol. The summed E-state index contributed by atoms with van der Waals surface area (Å²) < 4.78 is 6.91. The second-order valence-electron chi connectivity index (χ2n) is 5.19. The topological polar surface area (TPSA) is 76.5 Å². The van der Waals surface area contributed by atoms with Crippen molar-refractivity contribution in [1.29, 1.82) is 0 Å². The van der Waals surface area contributed by atoms with Crippen LogP contribution in [-0.2, 0) is 16.1 Å². The lowest BCUT2D eigenvalue weighted by atomic mass is 9.95. The zero-order valence-electron chi connectivity index (χ0n) is 12.8. The number of nitrogens with one attached hydrogen (secondary N) is 1. The van der Waals surface area contributed by atoms with Crippen molar-refractivity contribution in [2.24, 2.45) is 0 Å². The van der Waals surface area contributed by atoms with Crippen LogP contribution in [0.3, 0.4) is 0 Å². The van der Waals surface area contributed by atoms with E-state index in [1.165, 1.54) is 0 Å². The predicted molar refractivity (Wildman–Crippen MR) is 76.8 cm³/mol. The van der Waals surface area contributed by atoms with Crippen LogP contribution < -0.4 is 5.32 Å². The molecule has 1 saturated heterocycles. The summed E-state index contributed by atoms with van der Waals surface area (Å²) in [5.41, 5.74) is -0.419. The maximum Gasteiger partial charge on any atom is 0.258 e. The van der Waals surface area contributed by atoms with Crippen LogP contribution in [0.15, 0.2) is 12.4 Å². The van der Waals surface area contributed by atoms with Gasteiger partial charge in [-0.1, -0.05) is 0 Å². The molecule has 1 aliphatic rings. The molecule has 1 fully saturated rings. The Hall–Kier alpha value is -1.89. The summed E-state index contributed by atoms with van der Waals surface area (Å²) in [4.78, 5) is 26.7. The minimum Gasteiger partial charge on any atom is -0.382 e. The Labute approximate surface area is 124 Å². The van der Waals surface area contributed by atoms with Gasteiger partial charge >= 0.3 is 0 Å². The molecule has 1 aliphatic heterocycles. The highest BCUT2D eigenvalue weighted by Gasteiger charge is 2.49. The zero-order chi connectivity index (χ0) is 15.5. The first kappa shape index (κ1) is 15.5. The van der Waals surface area contributed by atoms with Gasteiger partial charge in [-0.25, -0.2) is 0 Å². The molecule has 1 atom stereocenters. The van der Waals surface area contributed by atoms with Crippen molar-refractivity contribution in [3.63, 3.8) is 0 Å². The maximum atomic E-state index is 12.7. The first-order valence-electron chi connectivity index (χ1n) is 7.14. The summed E-state index contributed by atoms with van der Waals surface area (Å²) in [7, 11) is 3.12. The summed E-state index contributed by atoms with van der Waals surface area (Å²) in [6.45, 7) is 3.40. The molecule has 1 N–H and O–H groups in total. The third kappa shape index (κ3) is 2.65. The second-order valence-corrected chi connectivity index (χ2v) is 5.19. The number of carbonyl (C=O) groups is 2. The monoisotopic (exact) mass is 294 g/mol. The molecule has 0 spiro atoms. The Morgan fingerprint density at radius 1 is 1.52 bits per heavy atom. The number of aromatic nitrogens is 2. The molecule has 2 rings (SSSR count). The van der Waals surface area contributed by atoms with Gasteiger partial charge in [-0.05, 0) is 19.8 Å². The largest absolute Gasteiger partial charge is 0.382 e. The van der Waals surface area contributed by atoms with E-state index >= 15 is 0 Å². The van der Waals surface area contributed by atoms with Crippen molar-refractivity contribution in [1.82, 2.24) is 20.0 Å². The van der Waals surface area contributed by atoms with E-state index < -0.39 is 5.54 Å². The number of ether oxygens (including phenoxy) is 1. The van der Waals surface area contributed by atoms with Crippen LogP contribution in [0.1, 0.15) is 30.1 Å². The van der Waals surface area contributed by atoms with Gasteiger partial charge in [0.15, 0.2) is 0 Å². The number of aryl methyl sites for hydroxylation is 1. The lowest BCUT2D eigenvalue weighted by Gasteiger charge is -2.36.